The minimum Gasteiger partial charge on any atom is -0.398 e. The predicted molar refractivity (Wildman–Crippen MR) is 64.7 cm³/mol. The van der Waals surface area contributed by atoms with E-state index < -0.39 is 0 Å². The second-order valence-electron chi connectivity index (χ2n) is 2.96. The second kappa shape index (κ2) is 4.53. The molecule has 1 nitrogen and oxygen atoms in total. The molecule has 0 aliphatic rings. The molecule has 0 spiro atoms. The summed E-state index contributed by atoms with van der Waals surface area (Å²) < 4.78 is 0. The highest BCUT2D eigenvalue weighted by Gasteiger charge is 1.99. The zero-order valence-electron chi connectivity index (χ0n) is 7.64. The van der Waals surface area contributed by atoms with E-state index in [0.717, 1.165) is 11.4 Å². The van der Waals surface area contributed by atoms with Crippen LogP contribution in [0.15, 0.2) is 46.0 Å². The Morgan fingerprint density at radius 1 is 1.21 bits per heavy atom. The Hall–Kier alpha value is -0.930. The molecule has 1 aromatic carbocycles. The molecule has 2 N–H and O–H groups in total. The molecule has 0 fully saturated rings. The highest BCUT2D eigenvalue weighted by atomic mass is 32.2. The van der Waals surface area contributed by atoms with Crippen LogP contribution in [-0.4, -0.2) is 0 Å². The van der Waals surface area contributed by atoms with Gasteiger partial charge in [-0.2, -0.15) is 11.3 Å². The monoisotopic (exact) mass is 221 g/mol. The molecule has 14 heavy (non-hydrogen) atoms. The van der Waals surface area contributed by atoms with E-state index in [-0.39, 0.29) is 0 Å². The van der Waals surface area contributed by atoms with Gasteiger partial charge in [0.1, 0.15) is 0 Å². The van der Waals surface area contributed by atoms with Crippen molar-refractivity contribution in [1.82, 2.24) is 0 Å². The average Bonchev–Trinajstić information content (AvgIpc) is 2.69. The molecule has 0 aliphatic carbocycles. The van der Waals surface area contributed by atoms with Gasteiger partial charge in [-0.05, 0) is 34.5 Å². The number of nitrogens with two attached hydrogens (primary N) is 1. The van der Waals surface area contributed by atoms with E-state index in [2.05, 4.69) is 22.9 Å². The van der Waals surface area contributed by atoms with Crippen LogP contribution >= 0.6 is 23.1 Å². The minimum absolute atomic E-state index is 0.868. The van der Waals surface area contributed by atoms with Crippen molar-refractivity contribution in [1.29, 1.82) is 0 Å². The van der Waals surface area contributed by atoms with Crippen LogP contribution in [0.1, 0.15) is 5.56 Å². The topological polar surface area (TPSA) is 26.0 Å². The lowest BCUT2D eigenvalue weighted by atomic mass is 10.3. The number of anilines is 1. The molecule has 0 aliphatic heterocycles. The van der Waals surface area contributed by atoms with Crippen molar-refractivity contribution in [2.75, 3.05) is 5.73 Å². The Kier molecular flexibility index (Phi) is 3.11. The summed E-state index contributed by atoms with van der Waals surface area (Å²) in [4.78, 5) is 1.17. The van der Waals surface area contributed by atoms with E-state index in [9.17, 15) is 0 Å². The fourth-order valence-corrected chi connectivity index (χ4v) is 2.83. The molecule has 0 amide bonds. The molecule has 2 rings (SSSR count). The lowest BCUT2D eigenvalue weighted by molar-refractivity contribution is 1.41. The van der Waals surface area contributed by atoms with Gasteiger partial charge in [0, 0.05) is 16.3 Å². The molecule has 0 radical (unpaired) electrons. The number of hydrogen-bond donors (Lipinski definition) is 1. The molecule has 72 valence electrons. The zero-order chi connectivity index (χ0) is 9.80. The smallest absolute Gasteiger partial charge is 0.0452 e. The number of benzene rings is 1. The first-order chi connectivity index (χ1) is 6.86. The molecule has 2 aromatic rings. The van der Waals surface area contributed by atoms with Crippen LogP contribution in [-0.2, 0) is 5.75 Å². The van der Waals surface area contributed by atoms with E-state index in [4.69, 9.17) is 5.73 Å². The lowest BCUT2D eigenvalue weighted by Crippen LogP contribution is -1.87. The summed E-state index contributed by atoms with van der Waals surface area (Å²) in [6.45, 7) is 0. The minimum atomic E-state index is 0.868. The van der Waals surface area contributed by atoms with Gasteiger partial charge in [0.25, 0.3) is 0 Å². The molecular formula is C11H11NS2. The highest BCUT2D eigenvalue weighted by molar-refractivity contribution is 7.98. The van der Waals surface area contributed by atoms with E-state index in [1.165, 1.54) is 10.5 Å². The van der Waals surface area contributed by atoms with Gasteiger partial charge in [-0.25, -0.2) is 0 Å². The summed E-state index contributed by atoms with van der Waals surface area (Å²) in [7, 11) is 0. The van der Waals surface area contributed by atoms with Crippen molar-refractivity contribution >= 4 is 28.8 Å². The first kappa shape index (κ1) is 9.62. The van der Waals surface area contributed by atoms with Crippen LogP contribution in [0.3, 0.4) is 0 Å². The predicted octanol–water partition coefficient (Wildman–Crippen LogP) is 3.62. The van der Waals surface area contributed by atoms with Gasteiger partial charge < -0.3 is 5.73 Å². The molecule has 0 saturated carbocycles. The maximum absolute atomic E-state index is 5.84. The summed E-state index contributed by atoms with van der Waals surface area (Å²) in [5.41, 5.74) is 8.07. The SMILES string of the molecule is Nc1ccccc1SCc1ccsc1. The van der Waals surface area contributed by atoms with E-state index in [1.54, 1.807) is 23.1 Å². The number of thiophene rings is 1. The number of para-hydroxylation sites is 1. The summed E-state index contributed by atoms with van der Waals surface area (Å²) in [6.07, 6.45) is 0. The standard InChI is InChI=1S/C11H11NS2/c12-10-3-1-2-4-11(10)14-8-9-5-6-13-7-9/h1-7H,8,12H2. The Morgan fingerprint density at radius 3 is 2.79 bits per heavy atom. The van der Waals surface area contributed by atoms with Crippen LogP contribution in [0.25, 0.3) is 0 Å². The number of nitrogen functional groups attached to an aromatic ring is 1. The van der Waals surface area contributed by atoms with Crippen LogP contribution in [0.4, 0.5) is 5.69 Å². The van der Waals surface area contributed by atoms with E-state index in [0.29, 0.717) is 0 Å². The van der Waals surface area contributed by atoms with Crippen molar-refractivity contribution in [3.63, 3.8) is 0 Å². The van der Waals surface area contributed by atoms with Gasteiger partial charge in [0.2, 0.25) is 0 Å². The fourth-order valence-electron chi connectivity index (χ4n) is 1.15. The van der Waals surface area contributed by atoms with Gasteiger partial charge >= 0.3 is 0 Å². The molecule has 0 bridgehead atoms. The molecule has 0 unspecified atom stereocenters. The zero-order valence-corrected chi connectivity index (χ0v) is 9.28. The van der Waals surface area contributed by atoms with Crippen LogP contribution in [0.2, 0.25) is 0 Å². The Bertz CT molecular complexity index is 395. The van der Waals surface area contributed by atoms with Crippen LogP contribution in [0.5, 0.6) is 0 Å². The highest BCUT2D eigenvalue weighted by Crippen LogP contribution is 2.28. The van der Waals surface area contributed by atoms with Crippen LogP contribution in [0, 0.1) is 0 Å². The average molecular weight is 221 g/mol. The molecule has 3 heteroatoms. The molecule has 0 saturated heterocycles. The van der Waals surface area contributed by atoms with Gasteiger partial charge in [0.05, 0.1) is 0 Å². The number of rotatable bonds is 3. The summed E-state index contributed by atoms with van der Waals surface area (Å²) in [5, 5.41) is 4.27. The first-order valence-electron chi connectivity index (χ1n) is 4.34. The van der Waals surface area contributed by atoms with Gasteiger partial charge in [-0.1, -0.05) is 12.1 Å². The van der Waals surface area contributed by atoms with Crippen molar-refractivity contribution in [2.24, 2.45) is 0 Å². The van der Waals surface area contributed by atoms with Crippen molar-refractivity contribution in [3.05, 3.63) is 46.7 Å². The van der Waals surface area contributed by atoms with Crippen LogP contribution < -0.4 is 5.73 Å². The summed E-state index contributed by atoms with van der Waals surface area (Å²) >= 11 is 3.52. The van der Waals surface area contributed by atoms with Crippen molar-refractivity contribution in [2.45, 2.75) is 10.6 Å². The third-order valence-corrected chi connectivity index (χ3v) is 3.79. The van der Waals surface area contributed by atoms with E-state index >= 15 is 0 Å². The normalized spacial score (nSPS) is 10.3. The maximum Gasteiger partial charge on any atom is 0.0452 e. The summed E-state index contributed by atoms with van der Waals surface area (Å²) in [5.74, 6) is 0.998. The van der Waals surface area contributed by atoms with Gasteiger partial charge in [-0.3, -0.25) is 0 Å². The Balaban J connectivity index is 2.02. The van der Waals surface area contributed by atoms with Gasteiger partial charge in [0.15, 0.2) is 0 Å². The largest absolute Gasteiger partial charge is 0.398 e. The number of hydrogen-bond acceptors (Lipinski definition) is 3. The third-order valence-electron chi connectivity index (χ3n) is 1.89. The first-order valence-corrected chi connectivity index (χ1v) is 6.27. The molecule has 0 atom stereocenters. The summed E-state index contributed by atoms with van der Waals surface area (Å²) in [6, 6.07) is 10.1. The maximum atomic E-state index is 5.84. The third kappa shape index (κ3) is 2.30. The number of thioether (sulfide) groups is 1. The fraction of sp³-hybridized carbons (Fsp3) is 0.0909. The van der Waals surface area contributed by atoms with Gasteiger partial charge in [-0.15, -0.1) is 11.8 Å². The molecule has 1 aromatic heterocycles. The van der Waals surface area contributed by atoms with Crippen molar-refractivity contribution in [3.8, 4) is 0 Å². The second-order valence-corrected chi connectivity index (χ2v) is 4.76. The Labute approximate surface area is 92.0 Å². The molecular weight excluding hydrogens is 210 g/mol. The van der Waals surface area contributed by atoms with Crippen molar-refractivity contribution < 1.29 is 0 Å². The lowest BCUT2D eigenvalue weighted by Gasteiger charge is -2.03. The molecule has 1 heterocycles. The quantitative estimate of drug-likeness (QED) is 0.633. The van der Waals surface area contributed by atoms with E-state index in [1.807, 2.05) is 18.2 Å². The Morgan fingerprint density at radius 2 is 2.07 bits per heavy atom.